The minimum Gasteiger partial charge on any atom is -0.258 e. The maximum absolute atomic E-state index is 10.4. The van der Waals surface area contributed by atoms with Gasteiger partial charge < -0.3 is 0 Å². The lowest BCUT2D eigenvalue weighted by Crippen LogP contribution is -1.90. The van der Waals surface area contributed by atoms with Crippen LogP contribution in [0, 0.1) is 34.8 Å². The van der Waals surface area contributed by atoms with Crippen LogP contribution in [0.1, 0.15) is 11.1 Å². The first-order valence-electron chi connectivity index (χ1n) is 3.40. The Morgan fingerprint density at radius 2 is 1.85 bits per heavy atom. The molecule has 0 aromatic heterocycles. The van der Waals surface area contributed by atoms with Gasteiger partial charge in [0.15, 0.2) is 0 Å². The second-order valence-electron chi connectivity index (χ2n) is 2.28. The molecule has 0 fully saturated rings. The molecule has 0 amide bonds. The number of nitro benzene ring substituents is 1. The van der Waals surface area contributed by atoms with Gasteiger partial charge in [0.25, 0.3) is 5.69 Å². The summed E-state index contributed by atoms with van der Waals surface area (Å²) < 4.78 is 0. The largest absolute Gasteiger partial charge is 0.270 e. The molecule has 0 saturated heterocycles. The van der Waals surface area contributed by atoms with Crippen LogP contribution in [-0.2, 0) is 0 Å². The van der Waals surface area contributed by atoms with Crippen molar-refractivity contribution in [3.8, 4) is 24.7 Å². The highest BCUT2D eigenvalue weighted by molar-refractivity contribution is 5.53. The number of hydrogen-bond donors (Lipinski definition) is 0. The number of nitro groups is 1. The molecule has 0 heterocycles. The van der Waals surface area contributed by atoms with Crippen LogP contribution in [0.4, 0.5) is 5.69 Å². The van der Waals surface area contributed by atoms with E-state index in [4.69, 9.17) is 12.8 Å². The molecule has 13 heavy (non-hydrogen) atoms. The molecule has 3 nitrogen and oxygen atoms in total. The topological polar surface area (TPSA) is 43.1 Å². The standard InChI is InChI=1S/C10H5NO2/c1-3-8-5-6-10(11(12)13)7-9(8)4-2/h1-2,5-7H. The number of rotatable bonds is 1. The minimum absolute atomic E-state index is 0.0491. The molecule has 0 aliphatic carbocycles. The average Bonchev–Trinajstić information content (AvgIpc) is 2.16. The number of hydrogen-bond acceptors (Lipinski definition) is 2. The predicted molar refractivity (Wildman–Crippen MR) is 49.0 cm³/mol. The first-order chi connectivity index (χ1) is 6.19. The summed E-state index contributed by atoms with van der Waals surface area (Å²) in [7, 11) is 0. The minimum atomic E-state index is -0.513. The zero-order valence-electron chi connectivity index (χ0n) is 6.65. The number of benzene rings is 1. The predicted octanol–water partition coefficient (Wildman–Crippen LogP) is 1.56. The van der Waals surface area contributed by atoms with E-state index in [1.54, 1.807) is 0 Å². The second kappa shape index (κ2) is 3.42. The van der Waals surface area contributed by atoms with Gasteiger partial charge in [-0.25, -0.2) is 0 Å². The Kier molecular flexibility index (Phi) is 2.33. The van der Waals surface area contributed by atoms with Crippen molar-refractivity contribution in [2.24, 2.45) is 0 Å². The van der Waals surface area contributed by atoms with Crippen LogP contribution < -0.4 is 0 Å². The van der Waals surface area contributed by atoms with Gasteiger partial charge in [0.1, 0.15) is 0 Å². The molecular weight excluding hydrogens is 166 g/mol. The van der Waals surface area contributed by atoms with Crippen LogP contribution in [-0.4, -0.2) is 4.92 Å². The van der Waals surface area contributed by atoms with Gasteiger partial charge in [0.05, 0.1) is 4.92 Å². The quantitative estimate of drug-likeness (QED) is 0.365. The van der Waals surface area contributed by atoms with Gasteiger partial charge in [-0.15, -0.1) is 12.8 Å². The first-order valence-corrected chi connectivity index (χ1v) is 3.40. The van der Waals surface area contributed by atoms with Crippen molar-refractivity contribution < 1.29 is 4.92 Å². The van der Waals surface area contributed by atoms with E-state index >= 15 is 0 Å². The third kappa shape index (κ3) is 1.66. The highest BCUT2D eigenvalue weighted by atomic mass is 16.6. The zero-order chi connectivity index (χ0) is 9.84. The molecular formula is C10H5NO2. The fraction of sp³-hybridized carbons (Fsp3) is 0. The van der Waals surface area contributed by atoms with Gasteiger partial charge in [-0.05, 0) is 6.07 Å². The van der Waals surface area contributed by atoms with Gasteiger partial charge in [-0.1, -0.05) is 11.8 Å². The van der Waals surface area contributed by atoms with E-state index in [0.29, 0.717) is 11.1 Å². The van der Waals surface area contributed by atoms with Crippen molar-refractivity contribution >= 4 is 5.69 Å². The number of terminal acetylenes is 2. The van der Waals surface area contributed by atoms with Crippen molar-refractivity contribution in [1.82, 2.24) is 0 Å². The lowest BCUT2D eigenvalue weighted by atomic mass is 10.1. The Balaban J connectivity index is 3.33. The highest BCUT2D eigenvalue weighted by Gasteiger charge is 2.07. The van der Waals surface area contributed by atoms with Crippen LogP contribution >= 0.6 is 0 Å². The third-order valence-electron chi connectivity index (χ3n) is 1.52. The van der Waals surface area contributed by atoms with E-state index in [1.165, 1.54) is 18.2 Å². The van der Waals surface area contributed by atoms with E-state index in [0.717, 1.165) is 0 Å². The third-order valence-corrected chi connectivity index (χ3v) is 1.52. The van der Waals surface area contributed by atoms with Gasteiger partial charge in [0.2, 0.25) is 0 Å². The van der Waals surface area contributed by atoms with E-state index in [1.807, 2.05) is 0 Å². The molecule has 0 atom stereocenters. The fourth-order valence-corrected chi connectivity index (χ4v) is 0.891. The Hall–Kier alpha value is -2.26. The zero-order valence-corrected chi connectivity index (χ0v) is 6.65. The molecule has 3 heteroatoms. The second-order valence-corrected chi connectivity index (χ2v) is 2.28. The highest BCUT2D eigenvalue weighted by Crippen LogP contribution is 2.16. The van der Waals surface area contributed by atoms with Gasteiger partial charge >= 0.3 is 0 Å². The lowest BCUT2D eigenvalue weighted by molar-refractivity contribution is -0.384. The summed E-state index contributed by atoms with van der Waals surface area (Å²) in [5.74, 6) is 4.64. The normalized spacial score (nSPS) is 8.46. The molecule has 0 unspecified atom stereocenters. The van der Waals surface area contributed by atoms with Crippen molar-refractivity contribution in [1.29, 1.82) is 0 Å². The lowest BCUT2D eigenvalue weighted by Gasteiger charge is -1.95. The van der Waals surface area contributed by atoms with Crippen molar-refractivity contribution in [2.75, 3.05) is 0 Å². The number of nitrogens with zero attached hydrogens (tertiary/aromatic N) is 1. The van der Waals surface area contributed by atoms with Crippen molar-refractivity contribution in [3.05, 3.63) is 39.4 Å². The van der Waals surface area contributed by atoms with Gasteiger partial charge in [-0.2, -0.15) is 0 Å². The van der Waals surface area contributed by atoms with Crippen LogP contribution in [0.5, 0.6) is 0 Å². The first kappa shape index (κ1) is 8.83. The summed E-state index contributed by atoms with van der Waals surface area (Å²) in [6.07, 6.45) is 10.3. The average molecular weight is 171 g/mol. The molecule has 0 spiro atoms. The van der Waals surface area contributed by atoms with Gasteiger partial charge in [0, 0.05) is 23.3 Å². The molecule has 0 aliphatic rings. The van der Waals surface area contributed by atoms with E-state index in [-0.39, 0.29) is 5.69 Å². The molecule has 1 rings (SSSR count). The molecule has 62 valence electrons. The van der Waals surface area contributed by atoms with Crippen LogP contribution in [0.3, 0.4) is 0 Å². The molecule has 1 aromatic carbocycles. The Bertz CT molecular complexity index is 435. The van der Waals surface area contributed by atoms with Crippen molar-refractivity contribution in [2.45, 2.75) is 0 Å². The Morgan fingerprint density at radius 1 is 1.23 bits per heavy atom. The monoisotopic (exact) mass is 171 g/mol. The van der Waals surface area contributed by atoms with Gasteiger partial charge in [-0.3, -0.25) is 10.1 Å². The number of non-ortho nitro benzene ring substituents is 1. The summed E-state index contributed by atoms with van der Waals surface area (Å²) in [6.45, 7) is 0. The summed E-state index contributed by atoms with van der Waals surface area (Å²) in [6, 6.07) is 4.08. The summed E-state index contributed by atoms with van der Waals surface area (Å²) in [5.41, 5.74) is 0.816. The smallest absolute Gasteiger partial charge is 0.258 e. The van der Waals surface area contributed by atoms with Crippen LogP contribution in [0.15, 0.2) is 18.2 Å². The summed E-state index contributed by atoms with van der Waals surface area (Å²) in [5, 5.41) is 10.4. The van der Waals surface area contributed by atoms with Crippen molar-refractivity contribution in [3.63, 3.8) is 0 Å². The Morgan fingerprint density at radius 3 is 2.31 bits per heavy atom. The SMILES string of the molecule is C#Cc1ccc([N+](=O)[O-])cc1C#C. The van der Waals surface area contributed by atoms with E-state index in [2.05, 4.69) is 11.8 Å². The molecule has 0 bridgehead atoms. The van der Waals surface area contributed by atoms with Crippen LogP contribution in [0.2, 0.25) is 0 Å². The van der Waals surface area contributed by atoms with E-state index in [9.17, 15) is 10.1 Å². The maximum atomic E-state index is 10.4. The van der Waals surface area contributed by atoms with Crippen LogP contribution in [0.25, 0.3) is 0 Å². The fourth-order valence-electron chi connectivity index (χ4n) is 0.891. The van der Waals surface area contributed by atoms with E-state index < -0.39 is 4.92 Å². The molecule has 1 aromatic rings. The molecule has 0 saturated carbocycles. The molecule has 0 radical (unpaired) electrons. The maximum Gasteiger partial charge on any atom is 0.270 e. The Labute approximate surface area is 75.5 Å². The molecule has 0 N–H and O–H groups in total. The molecule has 0 aliphatic heterocycles. The summed E-state index contributed by atoms with van der Waals surface area (Å²) >= 11 is 0. The summed E-state index contributed by atoms with van der Waals surface area (Å²) in [4.78, 5) is 9.84.